The van der Waals surface area contributed by atoms with Crippen LogP contribution in [0.15, 0.2) is 60.9 Å². The molecule has 13 heteroatoms. The molecule has 5 heterocycles. The number of aromatic hydroxyl groups is 1. The highest BCUT2D eigenvalue weighted by atomic mass is 16.3. The van der Waals surface area contributed by atoms with Crippen molar-refractivity contribution in [2.75, 3.05) is 22.1 Å². The molecule has 4 aromatic heterocycles. The maximum absolute atomic E-state index is 12.6. The Balaban J connectivity index is 1.29. The summed E-state index contributed by atoms with van der Waals surface area (Å²) in [7, 11) is 0. The summed E-state index contributed by atoms with van der Waals surface area (Å²) in [6.45, 7) is 2.19. The van der Waals surface area contributed by atoms with Gasteiger partial charge in [-0.05, 0) is 62.1 Å². The molecular formula is C30H30N10O3. The van der Waals surface area contributed by atoms with Gasteiger partial charge in [0.1, 0.15) is 17.1 Å². The van der Waals surface area contributed by atoms with E-state index in [1.54, 1.807) is 34.9 Å². The first-order valence-electron chi connectivity index (χ1n) is 14.2. The van der Waals surface area contributed by atoms with E-state index in [1.165, 1.54) is 6.92 Å². The quantitative estimate of drug-likeness (QED) is 0.170. The Morgan fingerprint density at radius 1 is 1.07 bits per heavy atom. The van der Waals surface area contributed by atoms with Gasteiger partial charge < -0.3 is 26.0 Å². The standard InChI is InChI=1S/C30H30N10O3/c1-17(41)32-20-9-10-25(42)21(14-20)18-13-27-35-30(39-12-4-6-24(39)22-5-2-3-11-31-22)36-29(40(27)16-18)34-26-15-23(37-38-26)28(43)33-19-7-8-19/h2-3,5,9-11,13-16,19,24,42H,4,6-8,12H2,1H3,(H,32,41)(H,33,43)(H2,34,35,36,37,38). The second kappa shape index (κ2) is 10.7. The molecule has 5 N–H and O–H groups in total. The summed E-state index contributed by atoms with van der Waals surface area (Å²) in [5, 5.41) is 26.8. The number of hydrogen-bond donors (Lipinski definition) is 5. The lowest BCUT2D eigenvalue weighted by Crippen LogP contribution is -2.26. The van der Waals surface area contributed by atoms with E-state index in [9.17, 15) is 14.7 Å². The minimum Gasteiger partial charge on any atom is -0.507 e. The zero-order valence-corrected chi connectivity index (χ0v) is 23.4. The summed E-state index contributed by atoms with van der Waals surface area (Å²) < 4.78 is 1.77. The molecule has 0 spiro atoms. The number of anilines is 4. The van der Waals surface area contributed by atoms with E-state index in [1.807, 2.05) is 30.5 Å². The number of pyridine rings is 1. The summed E-state index contributed by atoms with van der Waals surface area (Å²) in [6, 6.07) is 14.5. The first kappa shape index (κ1) is 26.4. The smallest absolute Gasteiger partial charge is 0.269 e. The third-order valence-corrected chi connectivity index (χ3v) is 7.59. The van der Waals surface area contributed by atoms with Crippen LogP contribution >= 0.6 is 0 Å². The molecule has 2 amide bonds. The normalized spacial score (nSPS) is 16.4. The van der Waals surface area contributed by atoms with Gasteiger partial charge in [-0.2, -0.15) is 15.1 Å². The molecule has 0 radical (unpaired) electrons. The molecule has 1 saturated carbocycles. The Morgan fingerprint density at radius 2 is 1.95 bits per heavy atom. The van der Waals surface area contributed by atoms with Crippen molar-refractivity contribution in [3.8, 4) is 16.9 Å². The van der Waals surface area contributed by atoms with E-state index in [0.29, 0.717) is 45.9 Å². The van der Waals surface area contributed by atoms with Crippen LogP contribution in [0.4, 0.5) is 23.4 Å². The monoisotopic (exact) mass is 578 g/mol. The number of rotatable bonds is 8. The highest BCUT2D eigenvalue weighted by Gasteiger charge is 2.30. The third-order valence-electron chi connectivity index (χ3n) is 7.59. The maximum atomic E-state index is 12.6. The van der Waals surface area contributed by atoms with Gasteiger partial charge in [-0.1, -0.05) is 6.07 Å². The predicted octanol–water partition coefficient (Wildman–Crippen LogP) is 4.16. The largest absolute Gasteiger partial charge is 0.507 e. The molecule has 2 fully saturated rings. The fourth-order valence-corrected chi connectivity index (χ4v) is 5.39. The van der Waals surface area contributed by atoms with Gasteiger partial charge in [0.2, 0.25) is 17.8 Å². The Kier molecular flexibility index (Phi) is 6.61. The highest BCUT2D eigenvalue weighted by Crippen LogP contribution is 2.37. The lowest BCUT2D eigenvalue weighted by Gasteiger charge is -2.24. The van der Waals surface area contributed by atoms with Crippen LogP contribution in [0.2, 0.25) is 0 Å². The summed E-state index contributed by atoms with van der Waals surface area (Å²) in [6.07, 6.45) is 7.46. The number of nitrogens with zero attached hydrogens (tertiary/aromatic N) is 6. The molecule has 1 aliphatic carbocycles. The van der Waals surface area contributed by atoms with E-state index in [0.717, 1.165) is 37.9 Å². The van der Waals surface area contributed by atoms with Gasteiger partial charge in [0.25, 0.3) is 5.91 Å². The highest BCUT2D eigenvalue weighted by molar-refractivity contribution is 5.93. The number of nitrogens with one attached hydrogen (secondary N) is 4. The van der Waals surface area contributed by atoms with Crippen LogP contribution in [-0.4, -0.2) is 59.1 Å². The van der Waals surface area contributed by atoms with Gasteiger partial charge >= 0.3 is 0 Å². The molecular weight excluding hydrogens is 548 g/mol. The van der Waals surface area contributed by atoms with Gasteiger partial charge in [0.05, 0.1) is 11.7 Å². The van der Waals surface area contributed by atoms with Crippen molar-refractivity contribution >= 4 is 40.9 Å². The molecule has 218 valence electrons. The summed E-state index contributed by atoms with van der Waals surface area (Å²) in [4.78, 5) is 40.8. The molecule has 5 aromatic rings. The van der Waals surface area contributed by atoms with Crippen LogP contribution in [0.25, 0.3) is 16.8 Å². The van der Waals surface area contributed by atoms with Crippen molar-refractivity contribution in [1.82, 2.24) is 34.9 Å². The van der Waals surface area contributed by atoms with Crippen molar-refractivity contribution in [2.45, 2.75) is 44.7 Å². The number of H-pyrrole nitrogens is 1. The van der Waals surface area contributed by atoms with Crippen molar-refractivity contribution in [1.29, 1.82) is 0 Å². The molecule has 0 bridgehead atoms. The minimum atomic E-state index is -0.210. The molecule has 1 atom stereocenters. The molecule has 1 aliphatic heterocycles. The lowest BCUT2D eigenvalue weighted by molar-refractivity contribution is -0.114. The summed E-state index contributed by atoms with van der Waals surface area (Å²) in [5.41, 5.74) is 3.64. The molecule has 2 aliphatic rings. The fourth-order valence-electron chi connectivity index (χ4n) is 5.39. The van der Waals surface area contributed by atoms with Crippen molar-refractivity contribution in [3.05, 3.63) is 72.3 Å². The van der Waals surface area contributed by atoms with Crippen molar-refractivity contribution < 1.29 is 14.7 Å². The Morgan fingerprint density at radius 3 is 2.74 bits per heavy atom. The SMILES string of the molecule is CC(=O)Nc1ccc(O)c(-c2cc3nc(N4CCCC4c4ccccn4)nc(Nc4cc(C(=O)NC5CC5)[nH]n4)n3c2)c1. The summed E-state index contributed by atoms with van der Waals surface area (Å²) in [5.74, 6) is 1.01. The first-order chi connectivity index (χ1) is 20.9. The Hall–Kier alpha value is -5.46. The average Bonchev–Trinajstić information content (AvgIpc) is 3.37. The van der Waals surface area contributed by atoms with E-state index in [-0.39, 0.29) is 29.6 Å². The number of hydrogen-bond acceptors (Lipinski definition) is 9. The fraction of sp³-hybridized carbons (Fsp3) is 0.267. The van der Waals surface area contributed by atoms with Crippen molar-refractivity contribution in [3.63, 3.8) is 0 Å². The molecule has 43 heavy (non-hydrogen) atoms. The lowest BCUT2D eigenvalue weighted by atomic mass is 10.1. The molecule has 7 rings (SSSR count). The number of benzene rings is 1. The van der Waals surface area contributed by atoms with Crippen molar-refractivity contribution in [2.24, 2.45) is 0 Å². The van der Waals surface area contributed by atoms with E-state index in [2.05, 4.69) is 36.0 Å². The van der Waals surface area contributed by atoms with E-state index in [4.69, 9.17) is 9.97 Å². The molecule has 1 saturated heterocycles. The van der Waals surface area contributed by atoms with Crippen LogP contribution in [0.1, 0.15) is 54.8 Å². The van der Waals surface area contributed by atoms with Crippen LogP contribution < -0.4 is 20.9 Å². The number of aromatic amines is 1. The third kappa shape index (κ3) is 5.44. The van der Waals surface area contributed by atoms with Gasteiger partial charge in [0, 0.05) is 54.8 Å². The van der Waals surface area contributed by atoms with Crippen LogP contribution in [0.5, 0.6) is 5.75 Å². The Labute approximate surface area is 246 Å². The Bertz CT molecular complexity index is 1830. The summed E-state index contributed by atoms with van der Waals surface area (Å²) >= 11 is 0. The molecule has 1 aromatic carbocycles. The van der Waals surface area contributed by atoms with Gasteiger partial charge in [-0.25, -0.2) is 0 Å². The second-order valence-electron chi connectivity index (χ2n) is 10.9. The van der Waals surface area contributed by atoms with Crippen LogP contribution in [0.3, 0.4) is 0 Å². The number of phenols is 1. The average molecular weight is 579 g/mol. The first-order valence-corrected chi connectivity index (χ1v) is 14.2. The maximum Gasteiger partial charge on any atom is 0.269 e. The minimum absolute atomic E-state index is 0.0208. The van der Waals surface area contributed by atoms with Crippen LogP contribution in [0, 0.1) is 0 Å². The van der Waals surface area contributed by atoms with Gasteiger partial charge in [-0.15, -0.1) is 0 Å². The molecule has 1 unspecified atom stereocenters. The van der Waals surface area contributed by atoms with E-state index >= 15 is 0 Å². The van der Waals surface area contributed by atoms with Gasteiger partial charge in [-0.3, -0.25) is 24.1 Å². The molecule has 13 nitrogen and oxygen atoms in total. The predicted molar refractivity (Wildman–Crippen MR) is 160 cm³/mol. The van der Waals surface area contributed by atoms with E-state index < -0.39 is 0 Å². The number of fused-ring (bicyclic) bond motifs is 1. The number of amides is 2. The number of carbonyl (C=O) groups is 2. The number of carbonyl (C=O) groups excluding carboxylic acids is 2. The zero-order chi connectivity index (χ0) is 29.5. The van der Waals surface area contributed by atoms with Gasteiger partial charge in [0.15, 0.2) is 5.82 Å². The second-order valence-corrected chi connectivity index (χ2v) is 10.9. The topological polar surface area (TPSA) is 165 Å². The zero-order valence-electron chi connectivity index (χ0n) is 23.4. The van der Waals surface area contributed by atoms with Crippen LogP contribution in [-0.2, 0) is 4.79 Å². The number of phenolic OH excluding ortho intramolecular Hbond substituents is 1. The number of aromatic nitrogens is 6.